The Bertz CT molecular complexity index is 956. The fourth-order valence-corrected chi connectivity index (χ4v) is 3.69. The zero-order valence-corrected chi connectivity index (χ0v) is 15.1. The predicted octanol–water partition coefficient (Wildman–Crippen LogP) is 3.15. The van der Waals surface area contributed by atoms with Gasteiger partial charge < -0.3 is 15.2 Å². The second-order valence-corrected chi connectivity index (χ2v) is 6.94. The van der Waals surface area contributed by atoms with E-state index in [1.54, 1.807) is 0 Å². The third kappa shape index (κ3) is 3.20. The molecular weight excluding hydrogens is 326 g/mol. The number of anilines is 1. The number of rotatable bonds is 3. The minimum atomic E-state index is -0.123. The van der Waals surface area contributed by atoms with E-state index >= 15 is 0 Å². The van der Waals surface area contributed by atoms with Gasteiger partial charge in [0.2, 0.25) is 5.91 Å². The topological polar surface area (TPSA) is 71.8 Å². The van der Waals surface area contributed by atoms with Gasteiger partial charge in [-0.25, -0.2) is 9.97 Å². The lowest BCUT2D eigenvalue weighted by molar-refractivity contribution is -0.114. The highest BCUT2D eigenvalue weighted by Gasteiger charge is 2.21. The zero-order valence-electron chi connectivity index (χ0n) is 15.1. The third-order valence-corrected chi connectivity index (χ3v) is 4.95. The van der Waals surface area contributed by atoms with E-state index in [9.17, 15) is 4.79 Å². The first-order chi connectivity index (χ1) is 12.6. The minimum absolute atomic E-state index is 0.123. The molecule has 3 aromatic heterocycles. The summed E-state index contributed by atoms with van der Waals surface area (Å²) in [7, 11) is 0. The Morgan fingerprint density at radius 3 is 2.81 bits per heavy atom. The van der Waals surface area contributed by atoms with Crippen molar-refractivity contribution in [2.45, 2.75) is 32.6 Å². The molecule has 6 nitrogen and oxygen atoms in total. The first-order valence-electron chi connectivity index (χ1n) is 9.04. The lowest BCUT2D eigenvalue weighted by Gasteiger charge is -2.22. The van der Waals surface area contributed by atoms with E-state index in [2.05, 4.69) is 44.4 Å². The number of carbonyl (C=O) groups excluding carboxylic acids is 1. The summed E-state index contributed by atoms with van der Waals surface area (Å²) in [5, 5.41) is 7.34. The maximum atomic E-state index is 11.4. The molecule has 6 heteroatoms. The van der Waals surface area contributed by atoms with Crippen molar-refractivity contribution in [3.05, 3.63) is 47.9 Å². The standard InChI is InChI=1S/C20H23N5O/c1-13-3-8-22-20(9-13)25-12-17(15-4-6-21-7-5-15)16-11-23-19(10-18(16)25)24-14(2)26/h3,8-12,15,21H,4-7H2,1-2H3,(H,23,24,26). The molecular formula is C20H23N5O. The normalized spacial score (nSPS) is 15.3. The maximum Gasteiger partial charge on any atom is 0.222 e. The van der Waals surface area contributed by atoms with Crippen molar-refractivity contribution in [3.8, 4) is 5.82 Å². The first kappa shape index (κ1) is 16.7. The van der Waals surface area contributed by atoms with E-state index < -0.39 is 0 Å². The molecule has 0 aliphatic carbocycles. The number of carbonyl (C=O) groups is 1. The van der Waals surface area contributed by atoms with Crippen LogP contribution in [0, 0.1) is 6.92 Å². The summed E-state index contributed by atoms with van der Waals surface area (Å²) in [6.45, 7) is 5.64. The number of piperidine rings is 1. The molecule has 0 bridgehead atoms. The van der Waals surface area contributed by atoms with Crippen molar-refractivity contribution in [2.24, 2.45) is 0 Å². The largest absolute Gasteiger partial charge is 0.317 e. The number of aromatic nitrogens is 3. The average Bonchev–Trinajstić information content (AvgIpc) is 3.01. The summed E-state index contributed by atoms with van der Waals surface area (Å²) in [5.74, 6) is 1.84. The van der Waals surface area contributed by atoms with Gasteiger partial charge in [-0.15, -0.1) is 0 Å². The number of fused-ring (bicyclic) bond motifs is 1. The van der Waals surface area contributed by atoms with Gasteiger partial charge in [0.25, 0.3) is 0 Å². The Kier molecular flexibility index (Phi) is 4.42. The molecule has 0 aromatic carbocycles. The third-order valence-electron chi connectivity index (χ3n) is 4.95. The van der Waals surface area contributed by atoms with Crippen LogP contribution in [0.4, 0.5) is 5.82 Å². The summed E-state index contributed by atoms with van der Waals surface area (Å²) in [4.78, 5) is 20.4. The van der Waals surface area contributed by atoms with Gasteiger partial charge in [-0.05, 0) is 62.0 Å². The van der Waals surface area contributed by atoms with Crippen molar-refractivity contribution in [1.29, 1.82) is 0 Å². The molecule has 0 saturated carbocycles. The van der Waals surface area contributed by atoms with Gasteiger partial charge in [0.15, 0.2) is 0 Å². The minimum Gasteiger partial charge on any atom is -0.317 e. The summed E-state index contributed by atoms with van der Waals surface area (Å²) >= 11 is 0. The molecule has 1 aliphatic heterocycles. The predicted molar refractivity (Wildman–Crippen MR) is 103 cm³/mol. The van der Waals surface area contributed by atoms with Crippen LogP contribution in [0.3, 0.4) is 0 Å². The van der Waals surface area contributed by atoms with E-state index in [0.717, 1.165) is 48.2 Å². The number of nitrogens with zero attached hydrogens (tertiary/aromatic N) is 3. The van der Waals surface area contributed by atoms with Gasteiger partial charge in [0.1, 0.15) is 11.6 Å². The molecule has 0 unspecified atom stereocenters. The molecule has 1 saturated heterocycles. The fourth-order valence-electron chi connectivity index (χ4n) is 3.69. The lowest BCUT2D eigenvalue weighted by atomic mass is 9.90. The van der Waals surface area contributed by atoms with Gasteiger partial charge in [0, 0.05) is 37.0 Å². The van der Waals surface area contributed by atoms with Gasteiger partial charge >= 0.3 is 0 Å². The van der Waals surface area contributed by atoms with Crippen molar-refractivity contribution >= 4 is 22.6 Å². The van der Waals surface area contributed by atoms with E-state index in [4.69, 9.17) is 0 Å². The molecule has 134 valence electrons. The monoisotopic (exact) mass is 349 g/mol. The smallest absolute Gasteiger partial charge is 0.222 e. The Labute approximate surface area is 152 Å². The van der Waals surface area contributed by atoms with Crippen LogP contribution in [0.2, 0.25) is 0 Å². The quantitative estimate of drug-likeness (QED) is 0.762. The Balaban J connectivity index is 1.88. The van der Waals surface area contributed by atoms with E-state index in [0.29, 0.717) is 11.7 Å². The van der Waals surface area contributed by atoms with Gasteiger partial charge in [-0.1, -0.05) is 0 Å². The molecule has 4 heterocycles. The summed E-state index contributed by atoms with van der Waals surface area (Å²) in [6, 6.07) is 6.00. The molecule has 0 radical (unpaired) electrons. The van der Waals surface area contributed by atoms with Crippen LogP contribution in [-0.2, 0) is 4.79 Å². The van der Waals surface area contributed by atoms with Crippen LogP contribution < -0.4 is 10.6 Å². The molecule has 0 spiro atoms. The summed E-state index contributed by atoms with van der Waals surface area (Å²) in [5.41, 5.74) is 3.50. The van der Waals surface area contributed by atoms with Crippen LogP contribution in [0.15, 0.2) is 36.8 Å². The van der Waals surface area contributed by atoms with Gasteiger partial charge in [0.05, 0.1) is 5.52 Å². The molecule has 26 heavy (non-hydrogen) atoms. The number of amides is 1. The molecule has 3 aromatic rings. The highest BCUT2D eigenvalue weighted by Crippen LogP contribution is 2.34. The van der Waals surface area contributed by atoms with Crippen molar-refractivity contribution in [3.63, 3.8) is 0 Å². The van der Waals surface area contributed by atoms with Gasteiger partial charge in [-0.3, -0.25) is 4.79 Å². The SMILES string of the molecule is CC(=O)Nc1cc2c(cn1)c(C1CCNCC1)cn2-c1cc(C)ccn1. The highest BCUT2D eigenvalue weighted by molar-refractivity contribution is 5.92. The second kappa shape index (κ2) is 6.88. The first-order valence-corrected chi connectivity index (χ1v) is 9.04. The second-order valence-electron chi connectivity index (χ2n) is 6.94. The average molecular weight is 349 g/mol. The summed E-state index contributed by atoms with van der Waals surface area (Å²) in [6.07, 6.45) is 8.14. The number of pyridine rings is 2. The zero-order chi connectivity index (χ0) is 18.1. The van der Waals surface area contributed by atoms with Crippen LogP contribution >= 0.6 is 0 Å². The van der Waals surface area contributed by atoms with Gasteiger partial charge in [-0.2, -0.15) is 0 Å². The number of hydrogen-bond acceptors (Lipinski definition) is 4. The maximum absolute atomic E-state index is 11.4. The van der Waals surface area contributed by atoms with E-state index in [1.807, 2.05) is 24.5 Å². The van der Waals surface area contributed by atoms with E-state index in [-0.39, 0.29) is 5.91 Å². The van der Waals surface area contributed by atoms with Crippen LogP contribution in [0.25, 0.3) is 16.7 Å². The Morgan fingerprint density at radius 1 is 1.27 bits per heavy atom. The molecule has 1 aliphatic rings. The molecule has 0 atom stereocenters. The van der Waals surface area contributed by atoms with Crippen LogP contribution in [0.1, 0.15) is 36.8 Å². The van der Waals surface area contributed by atoms with Crippen LogP contribution in [0.5, 0.6) is 0 Å². The number of nitrogens with one attached hydrogen (secondary N) is 2. The Hall–Kier alpha value is -2.73. The van der Waals surface area contributed by atoms with Crippen molar-refractivity contribution < 1.29 is 4.79 Å². The number of hydrogen-bond donors (Lipinski definition) is 2. The highest BCUT2D eigenvalue weighted by atomic mass is 16.1. The lowest BCUT2D eigenvalue weighted by Crippen LogP contribution is -2.26. The van der Waals surface area contributed by atoms with Crippen LogP contribution in [-0.4, -0.2) is 33.5 Å². The van der Waals surface area contributed by atoms with Crippen molar-refractivity contribution in [2.75, 3.05) is 18.4 Å². The molecule has 1 amide bonds. The summed E-state index contributed by atoms with van der Waals surface area (Å²) < 4.78 is 2.12. The van der Waals surface area contributed by atoms with E-state index in [1.165, 1.54) is 12.5 Å². The Morgan fingerprint density at radius 2 is 2.08 bits per heavy atom. The molecule has 4 rings (SSSR count). The molecule has 2 N–H and O–H groups in total. The number of aryl methyl sites for hydroxylation is 1. The molecule has 1 fully saturated rings. The van der Waals surface area contributed by atoms with Crippen molar-refractivity contribution in [1.82, 2.24) is 19.9 Å². The fraction of sp³-hybridized carbons (Fsp3) is 0.350.